The molecule has 1 aromatic carbocycles. The topological polar surface area (TPSA) is 43.4 Å². The monoisotopic (exact) mass is 270 g/mol. The highest BCUT2D eigenvalue weighted by Gasteiger charge is 2.15. The summed E-state index contributed by atoms with van der Waals surface area (Å²) in [5.41, 5.74) is 0.416. The van der Waals surface area contributed by atoms with Gasteiger partial charge in [-0.1, -0.05) is 28.1 Å². The number of alkyl halides is 1. The lowest BCUT2D eigenvalue weighted by atomic mass is 10.1. The molecule has 0 saturated heterocycles. The minimum absolute atomic E-state index is 0.124. The largest absolute Gasteiger partial charge is 0.425 e. The molecule has 0 radical (unpaired) electrons. The average molecular weight is 271 g/mol. The minimum atomic E-state index is -0.413. The molecule has 0 aliphatic heterocycles. The lowest BCUT2D eigenvalue weighted by Gasteiger charge is -2.08. The molecule has 0 aromatic heterocycles. The maximum atomic E-state index is 11.3. The van der Waals surface area contributed by atoms with E-state index >= 15 is 0 Å². The van der Waals surface area contributed by atoms with Crippen molar-refractivity contribution in [1.82, 2.24) is 0 Å². The standard InChI is InChI=1S/C11H11BrO3/c1-7(12)11(14)15-10-6-4-3-5-9(10)8(2)13/h3-7H,1-2H3. The molecule has 1 unspecified atom stereocenters. The van der Waals surface area contributed by atoms with Crippen LogP contribution in [0.2, 0.25) is 0 Å². The van der Waals surface area contributed by atoms with Crippen molar-refractivity contribution in [1.29, 1.82) is 0 Å². The number of Topliss-reactive ketones (excluding diaryl/α,β-unsaturated/α-hetero) is 1. The summed E-state index contributed by atoms with van der Waals surface area (Å²) in [4.78, 5) is 22.1. The fourth-order valence-corrected chi connectivity index (χ4v) is 1.13. The van der Waals surface area contributed by atoms with Crippen LogP contribution in [0.4, 0.5) is 0 Å². The van der Waals surface area contributed by atoms with Gasteiger partial charge in [-0.15, -0.1) is 0 Å². The van der Waals surface area contributed by atoms with Gasteiger partial charge in [0.2, 0.25) is 0 Å². The van der Waals surface area contributed by atoms with Gasteiger partial charge in [0.25, 0.3) is 0 Å². The molecule has 0 amide bonds. The van der Waals surface area contributed by atoms with Crippen LogP contribution in [0.15, 0.2) is 24.3 Å². The summed E-state index contributed by atoms with van der Waals surface area (Å²) in [7, 11) is 0. The lowest BCUT2D eigenvalue weighted by Crippen LogP contribution is -2.18. The van der Waals surface area contributed by atoms with E-state index in [4.69, 9.17) is 4.74 Å². The Hall–Kier alpha value is -1.16. The number of hydrogen-bond donors (Lipinski definition) is 0. The zero-order valence-corrected chi connectivity index (χ0v) is 10.1. The maximum Gasteiger partial charge on any atom is 0.324 e. The molecule has 1 rings (SSSR count). The van der Waals surface area contributed by atoms with E-state index < -0.39 is 10.8 Å². The molecule has 3 nitrogen and oxygen atoms in total. The van der Waals surface area contributed by atoms with Crippen molar-refractivity contribution >= 4 is 27.7 Å². The van der Waals surface area contributed by atoms with Crippen molar-refractivity contribution in [2.75, 3.05) is 0 Å². The van der Waals surface area contributed by atoms with Crippen molar-refractivity contribution in [3.63, 3.8) is 0 Å². The minimum Gasteiger partial charge on any atom is -0.425 e. The second-order valence-electron chi connectivity index (χ2n) is 3.09. The Balaban J connectivity index is 2.94. The Morgan fingerprint density at radius 2 is 1.93 bits per heavy atom. The number of carbonyl (C=O) groups excluding carboxylic acids is 2. The third kappa shape index (κ3) is 3.16. The number of esters is 1. The fourth-order valence-electron chi connectivity index (χ4n) is 1.04. The van der Waals surface area contributed by atoms with Crippen LogP contribution in [0.5, 0.6) is 5.75 Å². The van der Waals surface area contributed by atoms with Crippen LogP contribution in [0, 0.1) is 0 Å². The van der Waals surface area contributed by atoms with Gasteiger partial charge in [-0.25, -0.2) is 0 Å². The molecule has 1 atom stereocenters. The molecule has 0 bridgehead atoms. The maximum absolute atomic E-state index is 11.3. The van der Waals surface area contributed by atoms with Crippen LogP contribution in [0.3, 0.4) is 0 Å². The summed E-state index contributed by atoms with van der Waals surface area (Å²) in [5, 5.41) is 0. The Morgan fingerprint density at radius 1 is 1.33 bits per heavy atom. The fraction of sp³-hybridized carbons (Fsp3) is 0.273. The predicted octanol–water partition coefficient (Wildman–Crippen LogP) is 2.58. The van der Waals surface area contributed by atoms with E-state index in [2.05, 4.69) is 15.9 Å². The van der Waals surface area contributed by atoms with Gasteiger partial charge in [-0.3, -0.25) is 9.59 Å². The number of ether oxygens (including phenoxy) is 1. The number of para-hydroxylation sites is 1. The van der Waals surface area contributed by atoms with E-state index in [0.29, 0.717) is 11.3 Å². The molecule has 0 saturated carbocycles. The van der Waals surface area contributed by atoms with E-state index in [-0.39, 0.29) is 5.78 Å². The summed E-state index contributed by atoms with van der Waals surface area (Å²) >= 11 is 3.10. The summed E-state index contributed by atoms with van der Waals surface area (Å²) in [6.07, 6.45) is 0. The number of rotatable bonds is 3. The van der Waals surface area contributed by atoms with Crippen LogP contribution in [0.1, 0.15) is 24.2 Å². The first-order valence-corrected chi connectivity index (χ1v) is 5.39. The first-order chi connectivity index (χ1) is 7.02. The molecular formula is C11H11BrO3. The van der Waals surface area contributed by atoms with Gasteiger partial charge < -0.3 is 4.74 Å². The molecule has 0 spiro atoms. The highest BCUT2D eigenvalue weighted by atomic mass is 79.9. The zero-order valence-electron chi connectivity index (χ0n) is 8.49. The van der Waals surface area contributed by atoms with E-state index in [1.165, 1.54) is 6.92 Å². The van der Waals surface area contributed by atoms with Crippen LogP contribution >= 0.6 is 15.9 Å². The number of carbonyl (C=O) groups is 2. The number of ketones is 1. The Kier molecular flexibility index (Phi) is 4.03. The summed E-state index contributed by atoms with van der Waals surface area (Å²) in [6.45, 7) is 3.10. The van der Waals surface area contributed by atoms with Crippen molar-refractivity contribution in [3.05, 3.63) is 29.8 Å². The van der Waals surface area contributed by atoms with Crippen LogP contribution in [0.25, 0.3) is 0 Å². The van der Waals surface area contributed by atoms with Crippen molar-refractivity contribution in [2.45, 2.75) is 18.7 Å². The smallest absolute Gasteiger partial charge is 0.324 e. The van der Waals surface area contributed by atoms with Gasteiger partial charge in [0, 0.05) is 0 Å². The van der Waals surface area contributed by atoms with E-state index in [1.54, 1.807) is 31.2 Å². The molecule has 1 aromatic rings. The highest BCUT2D eigenvalue weighted by Crippen LogP contribution is 2.19. The van der Waals surface area contributed by atoms with Gasteiger partial charge in [0.1, 0.15) is 10.6 Å². The Labute approximate surface area is 96.6 Å². The Bertz CT molecular complexity index is 385. The summed E-state index contributed by atoms with van der Waals surface area (Å²) in [6, 6.07) is 6.67. The third-order valence-electron chi connectivity index (χ3n) is 1.80. The normalized spacial score (nSPS) is 11.9. The summed E-state index contributed by atoms with van der Waals surface area (Å²) < 4.78 is 5.06. The number of halogens is 1. The Morgan fingerprint density at radius 3 is 2.47 bits per heavy atom. The van der Waals surface area contributed by atoms with Crippen LogP contribution in [-0.4, -0.2) is 16.6 Å². The van der Waals surface area contributed by atoms with E-state index in [1.807, 2.05) is 0 Å². The molecule has 0 heterocycles. The number of benzene rings is 1. The lowest BCUT2D eigenvalue weighted by molar-refractivity contribution is -0.133. The van der Waals surface area contributed by atoms with Crippen molar-refractivity contribution in [2.24, 2.45) is 0 Å². The quantitative estimate of drug-likeness (QED) is 0.367. The molecule has 4 heteroatoms. The average Bonchev–Trinajstić information content (AvgIpc) is 2.18. The third-order valence-corrected chi connectivity index (χ3v) is 2.18. The van der Waals surface area contributed by atoms with Crippen molar-refractivity contribution in [3.8, 4) is 5.75 Å². The molecule has 0 aliphatic carbocycles. The van der Waals surface area contributed by atoms with Crippen LogP contribution in [-0.2, 0) is 4.79 Å². The molecular weight excluding hydrogens is 260 g/mol. The molecule has 0 aliphatic rings. The molecule has 80 valence electrons. The van der Waals surface area contributed by atoms with Gasteiger partial charge in [0.05, 0.1) is 5.56 Å². The second-order valence-corrected chi connectivity index (χ2v) is 4.46. The number of hydrogen-bond acceptors (Lipinski definition) is 3. The van der Waals surface area contributed by atoms with E-state index in [0.717, 1.165) is 0 Å². The second kappa shape index (κ2) is 5.07. The highest BCUT2D eigenvalue weighted by molar-refractivity contribution is 9.10. The first-order valence-electron chi connectivity index (χ1n) is 4.48. The van der Waals surface area contributed by atoms with Crippen LogP contribution < -0.4 is 4.74 Å². The van der Waals surface area contributed by atoms with E-state index in [9.17, 15) is 9.59 Å². The van der Waals surface area contributed by atoms with Gasteiger partial charge in [0.15, 0.2) is 5.78 Å². The molecule has 0 fully saturated rings. The molecule has 15 heavy (non-hydrogen) atoms. The van der Waals surface area contributed by atoms with Crippen molar-refractivity contribution < 1.29 is 14.3 Å². The van der Waals surface area contributed by atoms with Gasteiger partial charge >= 0.3 is 5.97 Å². The predicted molar refractivity (Wildman–Crippen MR) is 60.5 cm³/mol. The SMILES string of the molecule is CC(=O)c1ccccc1OC(=O)C(C)Br. The first kappa shape index (κ1) is 11.9. The van der Waals surface area contributed by atoms with Gasteiger partial charge in [-0.05, 0) is 26.0 Å². The zero-order chi connectivity index (χ0) is 11.4. The summed E-state index contributed by atoms with van der Waals surface area (Å²) in [5.74, 6) is -0.231. The van der Waals surface area contributed by atoms with Gasteiger partial charge in [-0.2, -0.15) is 0 Å². The molecule has 0 N–H and O–H groups in total.